The van der Waals surface area contributed by atoms with Gasteiger partial charge in [-0.1, -0.05) is 30.3 Å². The molecule has 2 aromatic rings. The Hall–Kier alpha value is -3.06. The number of rotatable bonds is 6. The fourth-order valence-corrected chi connectivity index (χ4v) is 3.91. The minimum absolute atomic E-state index is 0.130. The Morgan fingerprint density at radius 1 is 1.14 bits per heavy atom. The minimum Gasteiger partial charge on any atom is -0.493 e. The van der Waals surface area contributed by atoms with E-state index in [1.807, 2.05) is 23.1 Å². The van der Waals surface area contributed by atoms with Gasteiger partial charge >= 0.3 is 0 Å². The lowest BCUT2D eigenvalue weighted by atomic mass is 9.89. The van der Waals surface area contributed by atoms with E-state index in [4.69, 9.17) is 15.2 Å². The molecule has 2 atom stereocenters. The maximum Gasteiger partial charge on any atom is 0.254 e. The zero-order valence-corrected chi connectivity index (χ0v) is 17.0. The van der Waals surface area contributed by atoms with Crippen LogP contribution in [0.2, 0.25) is 0 Å². The first-order valence-electron chi connectivity index (χ1n) is 9.56. The molecule has 1 fully saturated rings. The van der Waals surface area contributed by atoms with Gasteiger partial charge in [-0.05, 0) is 30.2 Å². The third-order valence-electron chi connectivity index (χ3n) is 5.30. The van der Waals surface area contributed by atoms with E-state index >= 15 is 0 Å². The number of carbonyl (C=O) groups excluding carboxylic acids is 2. The number of carbonyl (C=O) groups is 2. The number of benzene rings is 2. The van der Waals surface area contributed by atoms with Crippen LogP contribution in [0.1, 0.15) is 28.8 Å². The van der Waals surface area contributed by atoms with Gasteiger partial charge in [-0.15, -0.1) is 0 Å². The Balaban J connectivity index is 1.91. The first-order valence-corrected chi connectivity index (χ1v) is 9.56. The number of likely N-dealkylation sites (tertiary alicyclic amines) is 1. The standard InChI is InChI=1S/C22H27N3O4/c1-14(26)24-19-9-16(10-20(28-2)21(19)29-3)22(27)25-12-17(11-23)18(13-25)15-7-5-4-6-8-15/h4-10,17-18H,11-13,23H2,1-3H3,(H,24,26)/t17-,18+/m1/s1. The van der Waals surface area contributed by atoms with Crippen LogP contribution in [0, 0.1) is 5.92 Å². The van der Waals surface area contributed by atoms with Gasteiger partial charge in [0.25, 0.3) is 5.91 Å². The van der Waals surface area contributed by atoms with E-state index in [1.54, 1.807) is 12.1 Å². The van der Waals surface area contributed by atoms with Gasteiger partial charge in [0.05, 0.1) is 19.9 Å². The van der Waals surface area contributed by atoms with E-state index in [1.165, 1.54) is 26.7 Å². The van der Waals surface area contributed by atoms with Gasteiger partial charge in [-0.3, -0.25) is 9.59 Å². The maximum absolute atomic E-state index is 13.3. The monoisotopic (exact) mass is 397 g/mol. The van der Waals surface area contributed by atoms with Crippen molar-refractivity contribution in [1.29, 1.82) is 0 Å². The number of nitrogens with two attached hydrogens (primary N) is 1. The van der Waals surface area contributed by atoms with Gasteiger partial charge in [0, 0.05) is 31.5 Å². The molecule has 0 aliphatic carbocycles. The third kappa shape index (κ3) is 4.35. The molecule has 3 rings (SSSR count). The second-order valence-corrected chi connectivity index (χ2v) is 7.16. The number of nitrogens with zero attached hydrogens (tertiary/aromatic N) is 1. The van der Waals surface area contributed by atoms with Gasteiger partial charge in [-0.25, -0.2) is 0 Å². The molecule has 3 N–H and O–H groups in total. The Labute approximate surface area is 170 Å². The molecule has 0 aromatic heterocycles. The quantitative estimate of drug-likeness (QED) is 0.781. The van der Waals surface area contributed by atoms with Crippen molar-refractivity contribution < 1.29 is 19.1 Å². The second kappa shape index (κ2) is 8.96. The van der Waals surface area contributed by atoms with E-state index in [-0.39, 0.29) is 23.7 Å². The molecule has 7 nitrogen and oxygen atoms in total. The molecule has 29 heavy (non-hydrogen) atoms. The molecule has 0 unspecified atom stereocenters. The predicted molar refractivity (Wildman–Crippen MR) is 111 cm³/mol. The SMILES string of the molecule is COc1cc(C(=O)N2C[C@@H](CN)[C@H](c3ccccc3)C2)cc(NC(C)=O)c1OC. The predicted octanol–water partition coefficient (Wildman–Crippen LogP) is 2.48. The van der Waals surface area contributed by atoms with Crippen LogP contribution in [-0.4, -0.2) is 50.6 Å². The second-order valence-electron chi connectivity index (χ2n) is 7.16. The van der Waals surface area contributed by atoms with Crippen LogP contribution in [0.5, 0.6) is 11.5 Å². The number of ether oxygens (including phenoxy) is 2. The summed E-state index contributed by atoms with van der Waals surface area (Å²) in [5.74, 6) is 0.758. The number of nitrogens with one attached hydrogen (secondary N) is 1. The van der Waals surface area contributed by atoms with Crippen molar-refractivity contribution in [2.45, 2.75) is 12.8 Å². The van der Waals surface area contributed by atoms with Crippen LogP contribution >= 0.6 is 0 Å². The molecule has 1 aliphatic rings. The number of methoxy groups -OCH3 is 2. The average molecular weight is 397 g/mol. The molecule has 1 heterocycles. The van der Waals surface area contributed by atoms with Crippen molar-refractivity contribution >= 4 is 17.5 Å². The summed E-state index contributed by atoms with van der Waals surface area (Å²) in [5, 5.41) is 2.70. The first kappa shape index (κ1) is 20.7. The smallest absolute Gasteiger partial charge is 0.254 e. The molecular formula is C22H27N3O4. The lowest BCUT2D eigenvalue weighted by Gasteiger charge is -2.19. The van der Waals surface area contributed by atoms with Crippen LogP contribution in [0.4, 0.5) is 5.69 Å². The number of hydrogen-bond acceptors (Lipinski definition) is 5. The van der Waals surface area contributed by atoms with E-state index in [9.17, 15) is 9.59 Å². The third-order valence-corrected chi connectivity index (χ3v) is 5.30. The van der Waals surface area contributed by atoms with E-state index in [0.717, 1.165) is 0 Å². The summed E-state index contributed by atoms with van der Waals surface area (Å²) in [7, 11) is 2.98. The Morgan fingerprint density at radius 3 is 2.45 bits per heavy atom. The highest BCUT2D eigenvalue weighted by Gasteiger charge is 2.36. The Morgan fingerprint density at radius 2 is 1.86 bits per heavy atom. The van der Waals surface area contributed by atoms with Crippen LogP contribution in [-0.2, 0) is 4.79 Å². The van der Waals surface area contributed by atoms with Crippen molar-refractivity contribution in [3.05, 3.63) is 53.6 Å². The molecule has 1 saturated heterocycles. The van der Waals surface area contributed by atoms with Crippen molar-refractivity contribution in [3.8, 4) is 11.5 Å². The summed E-state index contributed by atoms with van der Waals surface area (Å²) < 4.78 is 10.7. The number of amides is 2. The summed E-state index contributed by atoms with van der Waals surface area (Å²) in [6.45, 7) is 3.08. The number of hydrogen-bond donors (Lipinski definition) is 2. The first-order chi connectivity index (χ1) is 14.0. The Bertz CT molecular complexity index is 885. The Kier molecular flexibility index (Phi) is 6.39. The van der Waals surface area contributed by atoms with Crippen LogP contribution in [0.15, 0.2) is 42.5 Å². The summed E-state index contributed by atoms with van der Waals surface area (Å²) >= 11 is 0. The van der Waals surface area contributed by atoms with E-state index in [0.29, 0.717) is 42.4 Å². The van der Waals surface area contributed by atoms with Crippen molar-refractivity contribution in [3.63, 3.8) is 0 Å². The molecule has 0 bridgehead atoms. The largest absolute Gasteiger partial charge is 0.493 e. The van der Waals surface area contributed by atoms with Gasteiger partial charge in [0.15, 0.2) is 11.5 Å². The van der Waals surface area contributed by atoms with E-state index < -0.39 is 0 Å². The number of anilines is 1. The lowest BCUT2D eigenvalue weighted by molar-refractivity contribution is -0.114. The normalized spacial score (nSPS) is 18.4. The van der Waals surface area contributed by atoms with Gasteiger partial charge in [0.1, 0.15) is 0 Å². The van der Waals surface area contributed by atoms with Crippen LogP contribution in [0.25, 0.3) is 0 Å². The average Bonchev–Trinajstić information content (AvgIpc) is 3.17. The molecule has 2 amide bonds. The van der Waals surface area contributed by atoms with Crippen molar-refractivity contribution in [1.82, 2.24) is 4.90 Å². The molecule has 7 heteroatoms. The fourth-order valence-electron chi connectivity index (χ4n) is 3.91. The topological polar surface area (TPSA) is 93.9 Å². The van der Waals surface area contributed by atoms with Gasteiger partial charge < -0.3 is 25.4 Å². The van der Waals surface area contributed by atoms with Crippen LogP contribution < -0.4 is 20.5 Å². The van der Waals surface area contributed by atoms with Gasteiger partial charge in [-0.2, -0.15) is 0 Å². The molecule has 154 valence electrons. The summed E-state index contributed by atoms with van der Waals surface area (Å²) in [6, 6.07) is 13.4. The molecular weight excluding hydrogens is 370 g/mol. The maximum atomic E-state index is 13.3. The highest BCUT2D eigenvalue weighted by atomic mass is 16.5. The summed E-state index contributed by atoms with van der Waals surface area (Å²) in [5.41, 5.74) is 8.01. The molecule has 1 aliphatic heterocycles. The minimum atomic E-state index is -0.261. The van der Waals surface area contributed by atoms with E-state index in [2.05, 4.69) is 17.4 Å². The van der Waals surface area contributed by atoms with Crippen molar-refractivity contribution in [2.75, 3.05) is 39.2 Å². The van der Waals surface area contributed by atoms with Crippen molar-refractivity contribution in [2.24, 2.45) is 11.7 Å². The zero-order chi connectivity index (χ0) is 21.0. The molecule has 0 spiro atoms. The zero-order valence-electron chi connectivity index (χ0n) is 17.0. The summed E-state index contributed by atoms with van der Waals surface area (Å²) in [6.07, 6.45) is 0. The molecule has 0 saturated carbocycles. The van der Waals surface area contributed by atoms with Crippen LogP contribution in [0.3, 0.4) is 0 Å². The molecule has 2 aromatic carbocycles. The highest BCUT2D eigenvalue weighted by Crippen LogP contribution is 2.38. The summed E-state index contributed by atoms with van der Waals surface area (Å²) in [4.78, 5) is 26.7. The lowest BCUT2D eigenvalue weighted by Crippen LogP contribution is -2.30. The van der Waals surface area contributed by atoms with Gasteiger partial charge in [0.2, 0.25) is 5.91 Å². The molecule has 0 radical (unpaired) electrons. The fraction of sp³-hybridized carbons (Fsp3) is 0.364. The highest BCUT2D eigenvalue weighted by molar-refractivity contribution is 5.99.